The lowest BCUT2D eigenvalue weighted by Crippen LogP contribution is -2.48. The Hall–Kier alpha value is -1.49. The summed E-state index contributed by atoms with van der Waals surface area (Å²) in [6.07, 6.45) is 3.69. The lowest BCUT2D eigenvalue weighted by atomic mass is 10.1. The molecule has 0 unspecified atom stereocenters. The topological polar surface area (TPSA) is 39.3 Å². The van der Waals surface area contributed by atoms with Crippen LogP contribution in [0, 0.1) is 0 Å². The molecule has 1 fully saturated rings. The molecule has 1 aromatic carbocycles. The van der Waals surface area contributed by atoms with Crippen molar-refractivity contribution in [1.82, 2.24) is 9.88 Å². The molecule has 0 radical (unpaired) electrons. The normalized spacial score (nSPS) is 16.5. The number of halogens is 2. The molecule has 1 N–H and O–H groups in total. The Kier molecular flexibility index (Phi) is 3.93. The van der Waals surface area contributed by atoms with Gasteiger partial charge in [0, 0.05) is 41.6 Å². The minimum atomic E-state index is 0.0923. The first-order chi connectivity index (χ1) is 10.1. The van der Waals surface area contributed by atoms with E-state index in [-0.39, 0.29) is 5.91 Å². The van der Waals surface area contributed by atoms with Crippen molar-refractivity contribution in [3.05, 3.63) is 40.6 Å². The summed E-state index contributed by atoms with van der Waals surface area (Å²) in [7, 11) is 1.95. The first kappa shape index (κ1) is 14.4. The molecular formula is C15H15Cl2N3O. The van der Waals surface area contributed by atoms with E-state index >= 15 is 0 Å². The molecule has 1 aliphatic heterocycles. The van der Waals surface area contributed by atoms with Crippen LogP contribution in [-0.2, 0) is 4.79 Å². The molecule has 1 aromatic heterocycles. The predicted molar refractivity (Wildman–Crippen MR) is 86.1 cm³/mol. The zero-order valence-electron chi connectivity index (χ0n) is 11.6. The highest BCUT2D eigenvalue weighted by molar-refractivity contribution is 6.36. The van der Waals surface area contributed by atoms with Gasteiger partial charge in [0.25, 0.3) is 0 Å². The van der Waals surface area contributed by atoms with Gasteiger partial charge in [-0.1, -0.05) is 29.3 Å². The molecule has 0 saturated carbocycles. The van der Waals surface area contributed by atoms with Gasteiger partial charge in [0.05, 0.1) is 17.3 Å². The lowest BCUT2D eigenvalue weighted by molar-refractivity contribution is -0.120. The number of aromatic amines is 1. The molecule has 6 heteroatoms. The van der Waals surface area contributed by atoms with Crippen LogP contribution < -0.4 is 4.90 Å². The predicted octanol–water partition coefficient (Wildman–Crippen LogP) is 3.27. The zero-order chi connectivity index (χ0) is 15.0. The molecule has 110 valence electrons. The second kappa shape index (κ2) is 5.72. The Morgan fingerprint density at radius 3 is 2.67 bits per heavy atom. The fourth-order valence-electron chi connectivity index (χ4n) is 2.55. The fraction of sp³-hybridized carbons (Fsp3) is 0.267. The maximum atomic E-state index is 12.2. The maximum Gasteiger partial charge on any atom is 0.241 e. The summed E-state index contributed by atoms with van der Waals surface area (Å²) in [5.41, 5.74) is 2.64. The number of carbonyl (C=O) groups is 1. The molecule has 0 atom stereocenters. The molecule has 2 heterocycles. The standard InChI is InChI=1S/C15H15Cl2N3O/c1-19-4-5-20(15(21)9-19)14-8-18-7-12(14)11-3-2-10(16)6-13(11)17/h2-3,6-8,18H,4-5,9H2,1H3. The van der Waals surface area contributed by atoms with Crippen LogP contribution in [0.25, 0.3) is 11.1 Å². The van der Waals surface area contributed by atoms with Crippen molar-refractivity contribution in [3.63, 3.8) is 0 Å². The van der Waals surface area contributed by atoms with E-state index in [9.17, 15) is 4.79 Å². The molecular weight excluding hydrogens is 309 g/mol. The van der Waals surface area contributed by atoms with Crippen molar-refractivity contribution in [2.24, 2.45) is 0 Å². The third-order valence-electron chi connectivity index (χ3n) is 3.65. The molecule has 2 aromatic rings. The number of H-pyrrole nitrogens is 1. The van der Waals surface area contributed by atoms with Gasteiger partial charge in [0.1, 0.15) is 0 Å². The van der Waals surface area contributed by atoms with Crippen LogP contribution in [0.1, 0.15) is 0 Å². The third kappa shape index (κ3) is 2.79. The first-order valence-corrected chi connectivity index (χ1v) is 7.43. The first-order valence-electron chi connectivity index (χ1n) is 6.67. The monoisotopic (exact) mass is 323 g/mol. The van der Waals surface area contributed by atoms with Crippen LogP contribution in [0.5, 0.6) is 0 Å². The highest BCUT2D eigenvalue weighted by atomic mass is 35.5. The average molecular weight is 324 g/mol. The summed E-state index contributed by atoms with van der Waals surface area (Å²) in [6.45, 7) is 1.95. The molecule has 1 saturated heterocycles. The Balaban J connectivity index is 1.99. The number of piperazine rings is 1. The van der Waals surface area contributed by atoms with Crippen LogP contribution in [0.15, 0.2) is 30.6 Å². The average Bonchev–Trinajstić information content (AvgIpc) is 2.87. The fourth-order valence-corrected chi connectivity index (χ4v) is 3.06. The van der Waals surface area contributed by atoms with Gasteiger partial charge in [-0.05, 0) is 19.2 Å². The Morgan fingerprint density at radius 1 is 1.14 bits per heavy atom. The van der Waals surface area contributed by atoms with Crippen molar-refractivity contribution in [1.29, 1.82) is 0 Å². The van der Waals surface area contributed by atoms with E-state index in [0.717, 1.165) is 23.4 Å². The number of anilines is 1. The minimum absolute atomic E-state index is 0.0923. The number of likely N-dealkylation sites (N-methyl/N-ethyl adjacent to an activating group) is 1. The summed E-state index contributed by atoms with van der Waals surface area (Å²) in [5, 5.41) is 1.17. The van der Waals surface area contributed by atoms with E-state index in [1.165, 1.54) is 0 Å². The molecule has 1 amide bonds. The van der Waals surface area contributed by atoms with Crippen molar-refractivity contribution in [2.45, 2.75) is 0 Å². The molecule has 4 nitrogen and oxygen atoms in total. The molecule has 0 bridgehead atoms. The molecule has 0 aliphatic carbocycles. The van der Waals surface area contributed by atoms with Gasteiger partial charge in [-0.15, -0.1) is 0 Å². The van der Waals surface area contributed by atoms with Crippen LogP contribution in [-0.4, -0.2) is 42.5 Å². The lowest BCUT2D eigenvalue weighted by Gasteiger charge is -2.32. The summed E-state index contributed by atoms with van der Waals surface area (Å²) in [6, 6.07) is 5.38. The number of hydrogen-bond acceptors (Lipinski definition) is 2. The van der Waals surface area contributed by atoms with Gasteiger partial charge in [-0.25, -0.2) is 0 Å². The van der Waals surface area contributed by atoms with Crippen molar-refractivity contribution >= 4 is 34.8 Å². The van der Waals surface area contributed by atoms with Gasteiger partial charge < -0.3 is 9.88 Å². The number of amides is 1. The van der Waals surface area contributed by atoms with Gasteiger partial charge in [0.15, 0.2) is 0 Å². The maximum absolute atomic E-state index is 12.2. The van der Waals surface area contributed by atoms with E-state index in [2.05, 4.69) is 4.98 Å². The zero-order valence-corrected chi connectivity index (χ0v) is 13.1. The summed E-state index contributed by atoms with van der Waals surface area (Å²) in [4.78, 5) is 19.1. The van der Waals surface area contributed by atoms with Crippen LogP contribution in [0.3, 0.4) is 0 Å². The van der Waals surface area contributed by atoms with Gasteiger partial charge in [0.2, 0.25) is 5.91 Å². The SMILES string of the molecule is CN1CCN(c2c[nH]cc2-c2ccc(Cl)cc2Cl)C(=O)C1. The van der Waals surface area contributed by atoms with Crippen LogP contribution in [0.4, 0.5) is 5.69 Å². The Bertz CT molecular complexity index is 683. The van der Waals surface area contributed by atoms with Gasteiger partial charge in [-0.3, -0.25) is 9.69 Å². The third-order valence-corrected chi connectivity index (χ3v) is 4.20. The highest BCUT2D eigenvalue weighted by Crippen LogP contribution is 2.37. The second-order valence-corrected chi connectivity index (χ2v) is 6.01. The number of aromatic nitrogens is 1. The van der Waals surface area contributed by atoms with Crippen LogP contribution >= 0.6 is 23.2 Å². The number of hydrogen-bond donors (Lipinski definition) is 1. The van der Waals surface area contributed by atoms with E-state index in [1.807, 2.05) is 30.4 Å². The van der Waals surface area contributed by atoms with Crippen molar-refractivity contribution in [3.8, 4) is 11.1 Å². The number of rotatable bonds is 2. The molecule has 21 heavy (non-hydrogen) atoms. The van der Waals surface area contributed by atoms with Gasteiger partial charge >= 0.3 is 0 Å². The van der Waals surface area contributed by atoms with Crippen molar-refractivity contribution in [2.75, 3.05) is 31.6 Å². The molecule has 1 aliphatic rings. The molecule has 0 spiro atoms. The number of benzene rings is 1. The number of nitrogens with zero attached hydrogens (tertiary/aromatic N) is 2. The summed E-state index contributed by atoms with van der Waals surface area (Å²) < 4.78 is 0. The largest absolute Gasteiger partial charge is 0.365 e. The smallest absolute Gasteiger partial charge is 0.241 e. The Labute approximate surface area is 133 Å². The number of carbonyl (C=O) groups excluding carboxylic acids is 1. The van der Waals surface area contributed by atoms with Crippen LogP contribution in [0.2, 0.25) is 10.0 Å². The van der Waals surface area contributed by atoms with E-state index in [0.29, 0.717) is 23.1 Å². The summed E-state index contributed by atoms with van der Waals surface area (Å²) >= 11 is 12.2. The molecule has 3 rings (SSSR count). The van der Waals surface area contributed by atoms with E-state index in [4.69, 9.17) is 23.2 Å². The quantitative estimate of drug-likeness (QED) is 0.921. The Morgan fingerprint density at radius 2 is 1.95 bits per heavy atom. The number of nitrogens with one attached hydrogen (secondary N) is 1. The van der Waals surface area contributed by atoms with Gasteiger partial charge in [-0.2, -0.15) is 0 Å². The van der Waals surface area contributed by atoms with E-state index in [1.54, 1.807) is 17.0 Å². The van der Waals surface area contributed by atoms with Crippen molar-refractivity contribution < 1.29 is 4.79 Å². The minimum Gasteiger partial charge on any atom is -0.365 e. The summed E-state index contributed by atoms with van der Waals surface area (Å²) in [5.74, 6) is 0.0923. The van der Waals surface area contributed by atoms with E-state index < -0.39 is 0 Å². The second-order valence-electron chi connectivity index (χ2n) is 5.16. The highest BCUT2D eigenvalue weighted by Gasteiger charge is 2.26.